The van der Waals surface area contributed by atoms with E-state index in [-0.39, 0.29) is 11.9 Å². The molecule has 0 spiro atoms. The summed E-state index contributed by atoms with van der Waals surface area (Å²) in [6, 6.07) is 5.65. The van der Waals surface area contributed by atoms with Gasteiger partial charge in [-0.2, -0.15) is 0 Å². The summed E-state index contributed by atoms with van der Waals surface area (Å²) in [7, 11) is 0. The fourth-order valence-corrected chi connectivity index (χ4v) is 2.09. The number of hydrogen-bond acceptors (Lipinski definition) is 5. The standard InChI is InChI=1S/C17H21N3O3/c1-10(2)17(22)23-12(4)7-16-19-14-6-5-13(8-15(14)20-16)18-9-11(3)21/h5-6,8,12,18H,1,7,9H2,2-4H3,(H,19,20). The third kappa shape index (κ3) is 4.67. The van der Waals surface area contributed by atoms with Crippen LogP contribution in [0, 0.1) is 0 Å². The van der Waals surface area contributed by atoms with Crippen LogP contribution in [0.3, 0.4) is 0 Å². The molecule has 2 aromatic rings. The molecule has 1 atom stereocenters. The maximum Gasteiger partial charge on any atom is 0.333 e. The number of fused-ring (bicyclic) bond motifs is 1. The largest absolute Gasteiger partial charge is 0.459 e. The molecule has 1 aromatic carbocycles. The van der Waals surface area contributed by atoms with E-state index >= 15 is 0 Å². The number of rotatable bonds is 7. The Morgan fingerprint density at radius 2 is 2.13 bits per heavy atom. The average Bonchev–Trinajstić information content (AvgIpc) is 2.85. The number of Topliss-reactive ketones (excluding diaryl/α,β-unsaturated/α-hetero) is 1. The monoisotopic (exact) mass is 315 g/mol. The van der Waals surface area contributed by atoms with Crippen molar-refractivity contribution in [1.82, 2.24) is 9.97 Å². The number of ether oxygens (including phenoxy) is 1. The van der Waals surface area contributed by atoms with Crippen LogP contribution in [0.15, 0.2) is 30.4 Å². The Labute approximate surface area is 134 Å². The highest BCUT2D eigenvalue weighted by Gasteiger charge is 2.13. The van der Waals surface area contributed by atoms with Crippen LogP contribution >= 0.6 is 0 Å². The zero-order chi connectivity index (χ0) is 17.0. The van der Waals surface area contributed by atoms with Crippen LogP contribution in [0.1, 0.15) is 26.6 Å². The van der Waals surface area contributed by atoms with E-state index in [0.29, 0.717) is 18.5 Å². The Balaban J connectivity index is 2.06. The third-order valence-electron chi connectivity index (χ3n) is 3.21. The first-order chi connectivity index (χ1) is 10.8. The summed E-state index contributed by atoms with van der Waals surface area (Å²) in [6.45, 7) is 8.82. The van der Waals surface area contributed by atoms with E-state index in [1.165, 1.54) is 6.92 Å². The average molecular weight is 315 g/mol. The molecular formula is C17H21N3O3. The maximum atomic E-state index is 11.5. The molecule has 0 aliphatic rings. The van der Waals surface area contributed by atoms with E-state index < -0.39 is 5.97 Å². The number of imidazole rings is 1. The normalized spacial score (nSPS) is 12.0. The number of carbonyl (C=O) groups is 2. The first kappa shape index (κ1) is 16.7. The van der Waals surface area contributed by atoms with Crippen molar-refractivity contribution in [2.75, 3.05) is 11.9 Å². The van der Waals surface area contributed by atoms with Crippen molar-refractivity contribution < 1.29 is 14.3 Å². The number of benzene rings is 1. The summed E-state index contributed by atoms with van der Waals surface area (Å²) in [4.78, 5) is 30.2. The molecular weight excluding hydrogens is 294 g/mol. The lowest BCUT2D eigenvalue weighted by Crippen LogP contribution is -2.18. The lowest BCUT2D eigenvalue weighted by Gasteiger charge is -2.11. The van der Waals surface area contributed by atoms with Crippen LogP contribution in [0.5, 0.6) is 0 Å². The summed E-state index contributed by atoms with van der Waals surface area (Å²) in [5.41, 5.74) is 2.92. The molecule has 0 saturated heterocycles. The Kier molecular flexibility index (Phi) is 5.16. The molecule has 1 heterocycles. The van der Waals surface area contributed by atoms with Gasteiger partial charge in [0, 0.05) is 17.7 Å². The molecule has 0 saturated carbocycles. The minimum Gasteiger partial charge on any atom is -0.459 e. The second-order valence-electron chi connectivity index (χ2n) is 5.67. The van der Waals surface area contributed by atoms with E-state index in [2.05, 4.69) is 21.9 Å². The number of nitrogens with zero attached hydrogens (tertiary/aromatic N) is 1. The van der Waals surface area contributed by atoms with Gasteiger partial charge < -0.3 is 15.0 Å². The lowest BCUT2D eigenvalue weighted by molar-refractivity contribution is -0.143. The first-order valence-electron chi connectivity index (χ1n) is 7.43. The molecule has 23 heavy (non-hydrogen) atoms. The fraction of sp³-hybridized carbons (Fsp3) is 0.353. The van der Waals surface area contributed by atoms with Crippen LogP contribution in [0.4, 0.5) is 5.69 Å². The minimum absolute atomic E-state index is 0.0727. The van der Waals surface area contributed by atoms with Gasteiger partial charge >= 0.3 is 5.97 Å². The quantitative estimate of drug-likeness (QED) is 0.606. The Morgan fingerprint density at radius 3 is 2.78 bits per heavy atom. The minimum atomic E-state index is -0.399. The maximum absolute atomic E-state index is 11.5. The number of hydrogen-bond donors (Lipinski definition) is 2. The Hall–Kier alpha value is -2.63. The van der Waals surface area contributed by atoms with Gasteiger partial charge in [0.1, 0.15) is 17.7 Å². The number of esters is 1. The molecule has 0 aliphatic heterocycles. The van der Waals surface area contributed by atoms with Gasteiger partial charge in [-0.3, -0.25) is 4.79 Å². The first-order valence-corrected chi connectivity index (χ1v) is 7.43. The second kappa shape index (κ2) is 7.09. The highest BCUT2D eigenvalue weighted by Crippen LogP contribution is 2.18. The summed E-state index contributed by atoms with van der Waals surface area (Å²) in [6.07, 6.45) is 0.194. The third-order valence-corrected chi connectivity index (χ3v) is 3.21. The SMILES string of the molecule is C=C(C)C(=O)OC(C)Cc1nc2ccc(NCC(C)=O)cc2[nH]1. The molecule has 6 nitrogen and oxygen atoms in total. The van der Waals surface area contributed by atoms with Crippen molar-refractivity contribution in [3.05, 3.63) is 36.2 Å². The van der Waals surface area contributed by atoms with Gasteiger partial charge in [-0.15, -0.1) is 0 Å². The predicted molar refractivity (Wildman–Crippen MR) is 89.3 cm³/mol. The smallest absolute Gasteiger partial charge is 0.333 e. The predicted octanol–water partition coefficient (Wildman–Crippen LogP) is 2.61. The van der Waals surface area contributed by atoms with Crippen molar-refractivity contribution in [2.45, 2.75) is 33.3 Å². The molecule has 6 heteroatoms. The highest BCUT2D eigenvalue weighted by atomic mass is 16.5. The zero-order valence-corrected chi connectivity index (χ0v) is 13.6. The van der Waals surface area contributed by atoms with Gasteiger partial charge in [-0.05, 0) is 39.0 Å². The molecule has 2 rings (SSSR count). The Morgan fingerprint density at radius 1 is 1.39 bits per heavy atom. The summed E-state index contributed by atoms with van der Waals surface area (Å²) >= 11 is 0. The zero-order valence-electron chi connectivity index (χ0n) is 13.6. The Bertz CT molecular complexity index is 749. The highest BCUT2D eigenvalue weighted by molar-refractivity contribution is 5.87. The second-order valence-corrected chi connectivity index (χ2v) is 5.67. The summed E-state index contributed by atoms with van der Waals surface area (Å²) in [5, 5.41) is 3.05. The van der Waals surface area contributed by atoms with Gasteiger partial charge in [0.05, 0.1) is 17.6 Å². The molecule has 0 radical (unpaired) electrons. The number of nitrogens with one attached hydrogen (secondary N) is 2. The van der Waals surface area contributed by atoms with Crippen molar-refractivity contribution in [1.29, 1.82) is 0 Å². The van der Waals surface area contributed by atoms with Crippen molar-refractivity contribution in [3.63, 3.8) is 0 Å². The van der Waals surface area contributed by atoms with Crippen LogP contribution in [0.25, 0.3) is 11.0 Å². The number of anilines is 1. The van der Waals surface area contributed by atoms with E-state index in [1.54, 1.807) is 6.92 Å². The van der Waals surface area contributed by atoms with Crippen LogP contribution in [-0.4, -0.2) is 34.4 Å². The molecule has 1 unspecified atom stereocenters. The lowest BCUT2D eigenvalue weighted by atomic mass is 10.2. The van der Waals surface area contributed by atoms with E-state index in [4.69, 9.17) is 4.74 Å². The van der Waals surface area contributed by atoms with Gasteiger partial charge in [0.25, 0.3) is 0 Å². The molecule has 122 valence electrons. The summed E-state index contributed by atoms with van der Waals surface area (Å²) in [5.74, 6) is 0.415. The van der Waals surface area contributed by atoms with Crippen LogP contribution < -0.4 is 5.32 Å². The molecule has 0 fully saturated rings. The molecule has 0 aliphatic carbocycles. The van der Waals surface area contributed by atoms with Gasteiger partial charge in [0.2, 0.25) is 0 Å². The van der Waals surface area contributed by atoms with Crippen molar-refractivity contribution in [2.24, 2.45) is 0 Å². The van der Waals surface area contributed by atoms with E-state index in [9.17, 15) is 9.59 Å². The van der Waals surface area contributed by atoms with Gasteiger partial charge in [0.15, 0.2) is 0 Å². The topological polar surface area (TPSA) is 84.1 Å². The molecule has 0 amide bonds. The van der Waals surface area contributed by atoms with E-state index in [1.807, 2.05) is 25.1 Å². The van der Waals surface area contributed by atoms with Crippen molar-refractivity contribution >= 4 is 28.5 Å². The summed E-state index contributed by atoms with van der Waals surface area (Å²) < 4.78 is 5.25. The van der Waals surface area contributed by atoms with Crippen molar-refractivity contribution in [3.8, 4) is 0 Å². The molecule has 1 aromatic heterocycles. The molecule has 2 N–H and O–H groups in total. The number of aromatic amines is 1. The number of aromatic nitrogens is 2. The van der Waals surface area contributed by atoms with Gasteiger partial charge in [-0.1, -0.05) is 6.58 Å². The fourth-order valence-electron chi connectivity index (χ4n) is 2.09. The van der Waals surface area contributed by atoms with E-state index in [0.717, 1.165) is 22.5 Å². The van der Waals surface area contributed by atoms with Crippen LogP contribution in [0.2, 0.25) is 0 Å². The number of ketones is 1. The number of carbonyl (C=O) groups excluding carboxylic acids is 2. The van der Waals surface area contributed by atoms with Crippen LogP contribution in [-0.2, 0) is 20.7 Å². The van der Waals surface area contributed by atoms with Gasteiger partial charge in [-0.25, -0.2) is 9.78 Å². The number of H-pyrrole nitrogens is 1. The molecule has 0 bridgehead atoms.